The van der Waals surface area contributed by atoms with E-state index >= 15 is 0 Å². The van der Waals surface area contributed by atoms with Gasteiger partial charge in [-0.2, -0.15) is 4.98 Å². The molecule has 0 saturated carbocycles. The van der Waals surface area contributed by atoms with Gasteiger partial charge in [0.05, 0.1) is 4.88 Å². The summed E-state index contributed by atoms with van der Waals surface area (Å²) < 4.78 is 0. The van der Waals surface area contributed by atoms with Crippen molar-refractivity contribution in [1.29, 1.82) is 0 Å². The zero-order valence-corrected chi connectivity index (χ0v) is 11.2. The fourth-order valence-electron chi connectivity index (χ4n) is 1.31. The van der Waals surface area contributed by atoms with Gasteiger partial charge >= 0.3 is 0 Å². The number of nitrogen functional groups attached to an aromatic ring is 2. The second-order valence-corrected chi connectivity index (χ2v) is 5.66. The van der Waals surface area contributed by atoms with Crippen molar-refractivity contribution in [3.8, 4) is 0 Å². The average molecular weight is 284 g/mol. The predicted molar refractivity (Wildman–Crippen MR) is 71.1 cm³/mol. The lowest BCUT2D eigenvalue weighted by Gasteiger charge is -1.95. The Labute approximate surface area is 111 Å². The van der Waals surface area contributed by atoms with Crippen molar-refractivity contribution in [3.05, 3.63) is 21.4 Å². The minimum Gasteiger partial charge on any atom is -0.368 e. The molecule has 2 aromatic rings. The first kappa shape index (κ1) is 12.9. The Kier molecular flexibility index (Phi) is 3.84. The Morgan fingerprint density at radius 3 is 3.06 bits per heavy atom. The highest BCUT2D eigenvalue weighted by Crippen LogP contribution is 2.27. The van der Waals surface area contributed by atoms with Crippen molar-refractivity contribution >= 4 is 35.0 Å². The average Bonchev–Trinajstić information content (AvgIpc) is 2.92. The second kappa shape index (κ2) is 5.38. The standard InChI is InChI=1S/C9H12N6OS2/c1-4-5(2-6(18-4)7(16)13-11)3-17-9-12-8(10)14-15-9/h2H,3,11H2,1H3,(H,13,16)(H3,10,12,14,15). The van der Waals surface area contributed by atoms with Crippen LogP contribution in [0.2, 0.25) is 0 Å². The van der Waals surface area contributed by atoms with Crippen LogP contribution in [0.4, 0.5) is 5.95 Å². The number of aromatic nitrogens is 3. The van der Waals surface area contributed by atoms with Gasteiger partial charge in [0.15, 0.2) is 0 Å². The zero-order valence-electron chi connectivity index (χ0n) is 9.56. The van der Waals surface area contributed by atoms with Crippen LogP contribution >= 0.6 is 23.1 Å². The molecule has 2 aromatic heterocycles. The first-order valence-electron chi connectivity index (χ1n) is 5.01. The number of nitrogens with two attached hydrogens (primary N) is 2. The number of carbonyl (C=O) groups excluding carboxylic acids is 1. The molecule has 0 spiro atoms. The summed E-state index contributed by atoms with van der Waals surface area (Å²) in [6, 6.07) is 1.82. The van der Waals surface area contributed by atoms with E-state index in [0.717, 1.165) is 10.4 Å². The van der Waals surface area contributed by atoms with E-state index in [-0.39, 0.29) is 5.91 Å². The Morgan fingerprint density at radius 1 is 1.67 bits per heavy atom. The predicted octanol–water partition coefficient (Wildman–Crippen LogP) is 0.653. The van der Waals surface area contributed by atoms with Gasteiger partial charge < -0.3 is 5.73 Å². The lowest BCUT2D eigenvalue weighted by atomic mass is 10.3. The molecule has 0 unspecified atom stereocenters. The Bertz CT molecular complexity index is 563. The smallest absolute Gasteiger partial charge is 0.275 e. The number of carbonyl (C=O) groups is 1. The molecule has 1 amide bonds. The van der Waals surface area contributed by atoms with Crippen LogP contribution in [-0.2, 0) is 5.75 Å². The van der Waals surface area contributed by atoms with Crippen LogP contribution in [0.3, 0.4) is 0 Å². The number of thioether (sulfide) groups is 1. The Hall–Kier alpha value is -1.58. The molecule has 0 atom stereocenters. The number of aromatic amines is 1. The molecule has 9 heteroatoms. The molecule has 0 radical (unpaired) electrons. The second-order valence-electron chi connectivity index (χ2n) is 3.46. The number of thiophene rings is 1. The number of H-pyrrole nitrogens is 1. The maximum atomic E-state index is 11.4. The summed E-state index contributed by atoms with van der Waals surface area (Å²) in [5, 5.41) is 7.08. The number of hydrazine groups is 1. The number of anilines is 1. The molecule has 6 N–H and O–H groups in total. The molecule has 0 saturated heterocycles. The lowest BCUT2D eigenvalue weighted by Crippen LogP contribution is -2.29. The number of aryl methyl sites for hydroxylation is 1. The SMILES string of the molecule is Cc1sc(C(=O)NN)cc1CSc1n[nH]c(N)n1. The van der Waals surface area contributed by atoms with Crippen molar-refractivity contribution in [1.82, 2.24) is 20.6 Å². The highest BCUT2D eigenvalue weighted by Gasteiger charge is 2.12. The summed E-state index contributed by atoms with van der Waals surface area (Å²) >= 11 is 2.86. The molecule has 0 aliphatic carbocycles. The number of rotatable bonds is 4. The van der Waals surface area contributed by atoms with Crippen molar-refractivity contribution in [3.63, 3.8) is 0 Å². The van der Waals surface area contributed by atoms with Gasteiger partial charge in [0.25, 0.3) is 5.91 Å². The first-order chi connectivity index (χ1) is 8.60. The lowest BCUT2D eigenvalue weighted by molar-refractivity contribution is 0.0957. The highest BCUT2D eigenvalue weighted by atomic mass is 32.2. The van der Waals surface area contributed by atoms with Gasteiger partial charge in [0.1, 0.15) is 0 Å². The zero-order chi connectivity index (χ0) is 13.1. The van der Waals surface area contributed by atoms with Crippen molar-refractivity contribution in [2.24, 2.45) is 5.84 Å². The van der Waals surface area contributed by atoms with Gasteiger partial charge in [-0.3, -0.25) is 10.2 Å². The number of hydrogen-bond acceptors (Lipinski definition) is 7. The topological polar surface area (TPSA) is 123 Å². The van der Waals surface area contributed by atoms with E-state index in [0.29, 0.717) is 21.7 Å². The molecular formula is C9H12N6OS2. The summed E-state index contributed by atoms with van der Waals surface area (Å²) in [4.78, 5) is 17.0. The summed E-state index contributed by atoms with van der Waals surface area (Å²) in [7, 11) is 0. The van der Waals surface area contributed by atoms with E-state index in [2.05, 4.69) is 20.6 Å². The van der Waals surface area contributed by atoms with Crippen molar-refractivity contribution in [2.45, 2.75) is 17.8 Å². The fourth-order valence-corrected chi connectivity index (χ4v) is 3.20. The molecule has 18 heavy (non-hydrogen) atoms. The van der Waals surface area contributed by atoms with E-state index in [1.807, 2.05) is 13.0 Å². The molecule has 2 rings (SSSR count). The van der Waals surface area contributed by atoms with Crippen LogP contribution in [0.25, 0.3) is 0 Å². The minimum absolute atomic E-state index is 0.276. The number of amides is 1. The van der Waals surface area contributed by atoms with Crippen LogP contribution in [0.5, 0.6) is 0 Å². The van der Waals surface area contributed by atoms with E-state index < -0.39 is 0 Å². The van der Waals surface area contributed by atoms with Gasteiger partial charge in [-0.25, -0.2) is 10.9 Å². The van der Waals surface area contributed by atoms with E-state index in [1.54, 1.807) is 0 Å². The van der Waals surface area contributed by atoms with Crippen LogP contribution in [-0.4, -0.2) is 21.1 Å². The summed E-state index contributed by atoms with van der Waals surface area (Å²) in [5.74, 6) is 5.79. The molecule has 96 valence electrons. The monoisotopic (exact) mass is 284 g/mol. The summed E-state index contributed by atoms with van der Waals surface area (Å²) in [6.07, 6.45) is 0. The van der Waals surface area contributed by atoms with Crippen LogP contribution in [0, 0.1) is 6.92 Å². The van der Waals surface area contributed by atoms with Crippen LogP contribution in [0.15, 0.2) is 11.2 Å². The third kappa shape index (κ3) is 2.81. The molecule has 0 aromatic carbocycles. The molecule has 2 heterocycles. The molecular weight excluding hydrogens is 272 g/mol. The van der Waals surface area contributed by atoms with Gasteiger partial charge in [-0.05, 0) is 18.6 Å². The molecule has 0 fully saturated rings. The summed E-state index contributed by atoms with van der Waals surface area (Å²) in [6.45, 7) is 1.96. The van der Waals surface area contributed by atoms with Crippen LogP contribution < -0.4 is 17.0 Å². The third-order valence-corrected chi connectivity index (χ3v) is 4.20. The van der Waals surface area contributed by atoms with Crippen LogP contribution in [0.1, 0.15) is 20.1 Å². The molecule has 7 nitrogen and oxygen atoms in total. The largest absolute Gasteiger partial charge is 0.368 e. The van der Waals surface area contributed by atoms with Gasteiger partial charge in [0, 0.05) is 10.6 Å². The van der Waals surface area contributed by atoms with Crippen molar-refractivity contribution < 1.29 is 4.79 Å². The quantitative estimate of drug-likeness (QED) is 0.283. The minimum atomic E-state index is -0.276. The van der Waals surface area contributed by atoms with Gasteiger partial charge in [-0.15, -0.1) is 16.4 Å². The summed E-state index contributed by atoms with van der Waals surface area (Å²) in [5.41, 5.74) is 8.61. The van der Waals surface area contributed by atoms with Crippen molar-refractivity contribution in [2.75, 3.05) is 5.73 Å². The highest BCUT2D eigenvalue weighted by molar-refractivity contribution is 7.98. The maximum absolute atomic E-state index is 11.4. The number of nitrogens with zero attached hydrogens (tertiary/aromatic N) is 2. The van der Waals surface area contributed by atoms with E-state index in [9.17, 15) is 4.79 Å². The fraction of sp³-hybridized carbons (Fsp3) is 0.222. The maximum Gasteiger partial charge on any atom is 0.275 e. The number of nitrogens with one attached hydrogen (secondary N) is 2. The molecule has 0 aliphatic rings. The number of hydrogen-bond donors (Lipinski definition) is 4. The third-order valence-electron chi connectivity index (χ3n) is 2.21. The molecule has 0 bridgehead atoms. The molecule has 0 aliphatic heterocycles. The Balaban J connectivity index is 2.05. The van der Waals surface area contributed by atoms with Gasteiger partial charge in [-0.1, -0.05) is 11.8 Å². The normalized spacial score (nSPS) is 10.6. The first-order valence-corrected chi connectivity index (χ1v) is 6.81. The van der Waals surface area contributed by atoms with E-state index in [4.69, 9.17) is 11.6 Å². The Morgan fingerprint density at radius 2 is 2.44 bits per heavy atom. The van der Waals surface area contributed by atoms with E-state index in [1.165, 1.54) is 23.1 Å². The van der Waals surface area contributed by atoms with Gasteiger partial charge in [0.2, 0.25) is 11.1 Å².